The predicted octanol–water partition coefficient (Wildman–Crippen LogP) is 3.02. The molecule has 0 aliphatic carbocycles. The number of aryl methyl sites for hydroxylation is 1. The van der Waals surface area contributed by atoms with Crippen molar-refractivity contribution in [3.63, 3.8) is 0 Å². The Hall–Kier alpha value is -2.58. The third kappa shape index (κ3) is 3.97. The second-order valence-electron chi connectivity index (χ2n) is 5.93. The third-order valence-corrected chi connectivity index (χ3v) is 5.09. The van der Waals surface area contributed by atoms with Crippen molar-refractivity contribution in [3.05, 3.63) is 63.6 Å². The van der Waals surface area contributed by atoms with E-state index in [2.05, 4.69) is 15.5 Å². The highest BCUT2D eigenvalue weighted by Crippen LogP contribution is 2.30. The first-order valence-corrected chi connectivity index (χ1v) is 8.84. The summed E-state index contributed by atoms with van der Waals surface area (Å²) >= 11 is 1.38. The van der Waals surface area contributed by atoms with Gasteiger partial charge in [-0.15, -0.1) is 11.3 Å². The van der Waals surface area contributed by atoms with Crippen LogP contribution in [-0.2, 0) is 6.42 Å². The number of nitrogens with zero attached hydrogens (tertiary/aromatic N) is 1. The number of thiophene rings is 1. The van der Waals surface area contributed by atoms with Gasteiger partial charge in [0.25, 0.3) is 5.91 Å². The lowest BCUT2D eigenvalue weighted by Crippen LogP contribution is -2.41. The van der Waals surface area contributed by atoms with E-state index < -0.39 is 11.6 Å². The summed E-state index contributed by atoms with van der Waals surface area (Å²) in [5.41, 5.74) is 8.16. The van der Waals surface area contributed by atoms with E-state index in [1.165, 1.54) is 17.4 Å². The van der Waals surface area contributed by atoms with E-state index in [0.29, 0.717) is 16.9 Å². The fourth-order valence-electron chi connectivity index (χ4n) is 2.68. The maximum Gasteiger partial charge on any atom is 0.261 e. The van der Waals surface area contributed by atoms with Gasteiger partial charge < -0.3 is 11.1 Å². The number of halogens is 2. The van der Waals surface area contributed by atoms with Crippen molar-refractivity contribution in [3.8, 4) is 11.1 Å². The maximum atomic E-state index is 13.3. The van der Waals surface area contributed by atoms with Gasteiger partial charge in [-0.05, 0) is 42.7 Å². The molecule has 136 valence electrons. The molecule has 0 unspecified atom stereocenters. The molecule has 1 aromatic carbocycles. The van der Waals surface area contributed by atoms with Crippen LogP contribution < -0.4 is 11.1 Å². The van der Waals surface area contributed by atoms with E-state index in [4.69, 9.17) is 5.73 Å². The molecule has 2 aromatic heterocycles. The van der Waals surface area contributed by atoms with Gasteiger partial charge in [-0.25, -0.2) is 8.78 Å². The van der Waals surface area contributed by atoms with Crippen LogP contribution in [0.25, 0.3) is 11.1 Å². The zero-order chi connectivity index (χ0) is 18.7. The van der Waals surface area contributed by atoms with E-state index in [-0.39, 0.29) is 18.5 Å². The van der Waals surface area contributed by atoms with Crippen LogP contribution in [0, 0.1) is 18.6 Å². The SMILES string of the molecule is Cc1sc(C(=O)N[C@H](CN)Cc2ccc(F)c(F)c2)cc1-c1cn[nH]c1. The molecule has 3 aromatic rings. The lowest BCUT2D eigenvalue weighted by Gasteiger charge is -2.16. The number of H-pyrrole nitrogens is 1. The van der Waals surface area contributed by atoms with Crippen LogP contribution in [0.15, 0.2) is 36.7 Å². The minimum absolute atomic E-state index is 0.184. The number of benzene rings is 1. The lowest BCUT2D eigenvalue weighted by molar-refractivity contribution is 0.0942. The zero-order valence-electron chi connectivity index (χ0n) is 14.1. The van der Waals surface area contributed by atoms with Gasteiger partial charge in [0.15, 0.2) is 11.6 Å². The lowest BCUT2D eigenvalue weighted by atomic mass is 10.1. The molecule has 26 heavy (non-hydrogen) atoms. The maximum absolute atomic E-state index is 13.3. The molecule has 0 aliphatic heterocycles. The van der Waals surface area contributed by atoms with Gasteiger partial charge in [0.1, 0.15) is 0 Å². The topological polar surface area (TPSA) is 83.8 Å². The first-order chi connectivity index (χ1) is 12.5. The summed E-state index contributed by atoms with van der Waals surface area (Å²) < 4.78 is 26.4. The monoisotopic (exact) mass is 376 g/mol. The van der Waals surface area contributed by atoms with Gasteiger partial charge in [0, 0.05) is 29.2 Å². The van der Waals surface area contributed by atoms with Crippen molar-refractivity contribution in [2.45, 2.75) is 19.4 Å². The smallest absolute Gasteiger partial charge is 0.261 e. The van der Waals surface area contributed by atoms with Gasteiger partial charge in [0.2, 0.25) is 0 Å². The summed E-state index contributed by atoms with van der Waals surface area (Å²) in [6.45, 7) is 2.12. The number of hydrogen-bond donors (Lipinski definition) is 3. The van der Waals surface area contributed by atoms with Crippen LogP contribution in [0.2, 0.25) is 0 Å². The predicted molar refractivity (Wildman–Crippen MR) is 97.0 cm³/mol. The fraction of sp³-hybridized carbons (Fsp3) is 0.222. The van der Waals surface area contributed by atoms with Gasteiger partial charge in [-0.1, -0.05) is 6.07 Å². The van der Waals surface area contributed by atoms with Crippen LogP contribution in [-0.4, -0.2) is 28.7 Å². The number of carbonyl (C=O) groups is 1. The standard InChI is InChI=1S/C18H18F2N4OS/c1-10-14(12-8-22-23-9-12)6-17(26-10)18(25)24-13(7-21)4-11-2-3-15(19)16(20)5-11/h2-3,5-6,8-9,13H,4,7,21H2,1H3,(H,22,23)(H,24,25)/t13-/m0/s1. The van der Waals surface area contributed by atoms with Crippen LogP contribution in [0.4, 0.5) is 8.78 Å². The quantitative estimate of drug-likeness (QED) is 0.618. The number of nitrogens with two attached hydrogens (primary N) is 1. The van der Waals surface area contributed by atoms with Gasteiger partial charge in [0.05, 0.1) is 11.1 Å². The minimum Gasteiger partial charge on any atom is -0.347 e. The second-order valence-corrected chi connectivity index (χ2v) is 7.18. The van der Waals surface area contributed by atoms with Crippen molar-refractivity contribution in [2.75, 3.05) is 6.54 Å². The van der Waals surface area contributed by atoms with Crippen LogP contribution in [0.5, 0.6) is 0 Å². The summed E-state index contributed by atoms with van der Waals surface area (Å²) in [5.74, 6) is -2.06. The summed E-state index contributed by atoms with van der Waals surface area (Å²) in [6.07, 6.45) is 3.78. The molecule has 1 amide bonds. The molecule has 0 fully saturated rings. The number of aromatic amines is 1. The molecule has 0 radical (unpaired) electrons. The Bertz CT molecular complexity index is 908. The normalized spacial score (nSPS) is 12.2. The molecule has 5 nitrogen and oxygen atoms in total. The number of rotatable bonds is 6. The summed E-state index contributed by atoms with van der Waals surface area (Å²) in [7, 11) is 0. The molecule has 8 heteroatoms. The molecular weight excluding hydrogens is 358 g/mol. The van der Waals surface area contributed by atoms with Gasteiger partial charge in [-0.2, -0.15) is 5.10 Å². The van der Waals surface area contributed by atoms with Crippen LogP contribution in [0.1, 0.15) is 20.1 Å². The van der Waals surface area contributed by atoms with Crippen molar-refractivity contribution in [1.82, 2.24) is 15.5 Å². The van der Waals surface area contributed by atoms with Crippen molar-refractivity contribution >= 4 is 17.2 Å². The van der Waals surface area contributed by atoms with E-state index >= 15 is 0 Å². The molecule has 0 saturated heterocycles. The highest BCUT2D eigenvalue weighted by atomic mass is 32.1. The Morgan fingerprint density at radius 1 is 1.35 bits per heavy atom. The summed E-state index contributed by atoms with van der Waals surface area (Å²) in [4.78, 5) is 14.1. The Balaban J connectivity index is 1.71. The summed E-state index contributed by atoms with van der Waals surface area (Å²) in [6, 6.07) is 5.11. The largest absolute Gasteiger partial charge is 0.347 e. The molecular formula is C18H18F2N4OS. The molecule has 3 rings (SSSR count). The highest BCUT2D eigenvalue weighted by molar-refractivity contribution is 7.14. The van der Waals surface area contributed by atoms with E-state index in [1.54, 1.807) is 12.4 Å². The average Bonchev–Trinajstić information content (AvgIpc) is 3.26. The molecule has 0 spiro atoms. The second kappa shape index (κ2) is 7.76. The molecule has 0 aliphatic rings. The van der Waals surface area contributed by atoms with Crippen molar-refractivity contribution < 1.29 is 13.6 Å². The number of carbonyl (C=O) groups excluding carboxylic acids is 1. The molecule has 0 bridgehead atoms. The first-order valence-electron chi connectivity index (χ1n) is 8.02. The molecule has 1 atom stereocenters. The Morgan fingerprint density at radius 2 is 2.15 bits per heavy atom. The van der Waals surface area contributed by atoms with E-state index in [9.17, 15) is 13.6 Å². The van der Waals surface area contributed by atoms with Crippen LogP contribution in [0.3, 0.4) is 0 Å². The van der Waals surface area contributed by atoms with E-state index in [1.807, 2.05) is 13.0 Å². The molecule has 2 heterocycles. The fourth-order valence-corrected chi connectivity index (χ4v) is 3.62. The van der Waals surface area contributed by atoms with Crippen molar-refractivity contribution in [2.24, 2.45) is 5.73 Å². The Labute approximate surface area is 153 Å². The van der Waals surface area contributed by atoms with E-state index in [0.717, 1.165) is 28.1 Å². The van der Waals surface area contributed by atoms with Crippen molar-refractivity contribution in [1.29, 1.82) is 0 Å². The molecule has 4 N–H and O–H groups in total. The highest BCUT2D eigenvalue weighted by Gasteiger charge is 2.18. The van der Waals surface area contributed by atoms with Gasteiger partial charge >= 0.3 is 0 Å². The third-order valence-electron chi connectivity index (χ3n) is 4.04. The zero-order valence-corrected chi connectivity index (χ0v) is 14.9. The Kier molecular flexibility index (Phi) is 5.43. The average molecular weight is 376 g/mol. The number of hydrogen-bond acceptors (Lipinski definition) is 4. The molecule has 0 saturated carbocycles. The Morgan fingerprint density at radius 3 is 2.81 bits per heavy atom. The first kappa shape index (κ1) is 18.2. The van der Waals surface area contributed by atoms with Gasteiger partial charge in [-0.3, -0.25) is 9.89 Å². The number of nitrogens with one attached hydrogen (secondary N) is 2. The minimum atomic E-state index is -0.914. The summed E-state index contributed by atoms with van der Waals surface area (Å²) in [5, 5.41) is 9.53. The number of amides is 1. The van der Waals surface area contributed by atoms with Crippen LogP contribution >= 0.6 is 11.3 Å². The number of aromatic nitrogens is 2.